The van der Waals surface area contributed by atoms with Crippen molar-refractivity contribution >= 4 is 18.5 Å². The summed E-state index contributed by atoms with van der Waals surface area (Å²) >= 11 is 4.22. The molecule has 1 aromatic rings. The average molecular weight is 228 g/mol. The predicted molar refractivity (Wildman–Crippen MR) is 60.5 cm³/mol. The van der Waals surface area contributed by atoms with Crippen LogP contribution in [-0.4, -0.2) is 25.9 Å². The standard InChI is InChI=1S/C9H16N4OS/c1-6(2)8(15)9(14)10-4-7-12-11-5-13(7)3/h5-6,8,15H,4H2,1-3H3,(H,10,14). The van der Waals surface area contributed by atoms with Gasteiger partial charge in [0, 0.05) is 7.05 Å². The Balaban J connectivity index is 2.44. The van der Waals surface area contributed by atoms with Crippen LogP contribution < -0.4 is 5.32 Å². The van der Waals surface area contributed by atoms with Crippen LogP contribution in [0.4, 0.5) is 0 Å². The molecule has 0 fully saturated rings. The van der Waals surface area contributed by atoms with Crippen LogP contribution in [0.3, 0.4) is 0 Å². The molecule has 1 unspecified atom stereocenters. The van der Waals surface area contributed by atoms with Gasteiger partial charge in [-0.05, 0) is 5.92 Å². The Bertz CT molecular complexity index is 337. The van der Waals surface area contributed by atoms with Gasteiger partial charge in [-0.2, -0.15) is 12.6 Å². The number of rotatable bonds is 4. The molecule has 0 saturated heterocycles. The van der Waals surface area contributed by atoms with E-state index in [9.17, 15) is 4.79 Å². The number of aryl methyl sites for hydroxylation is 1. The van der Waals surface area contributed by atoms with Gasteiger partial charge >= 0.3 is 0 Å². The fraction of sp³-hybridized carbons (Fsp3) is 0.667. The monoisotopic (exact) mass is 228 g/mol. The number of nitrogens with zero attached hydrogens (tertiary/aromatic N) is 3. The minimum atomic E-state index is -0.279. The van der Waals surface area contributed by atoms with Crippen molar-refractivity contribution in [1.82, 2.24) is 20.1 Å². The lowest BCUT2D eigenvalue weighted by atomic mass is 10.1. The molecule has 0 aliphatic rings. The van der Waals surface area contributed by atoms with Crippen LogP contribution in [0.25, 0.3) is 0 Å². The zero-order valence-electron chi connectivity index (χ0n) is 9.14. The summed E-state index contributed by atoms with van der Waals surface area (Å²) in [5.41, 5.74) is 0. The SMILES string of the molecule is CC(C)C(S)C(=O)NCc1nncn1C. The lowest BCUT2D eigenvalue weighted by Gasteiger charge is -2.14. The lowest BCUT2D eigenvalue weighted by molar-refractivity contribution is -0.121. The van der Waals surface area contributed by atoms with Gasteiger partial charge in [0.1, 0.15) is 6.33 Å². The first-order chi connectivity index (χ1) is 7.02. The van der Waals surface area contributed by atoms with Gasteiger partial charge in [0.2, 0.25) is 5.91 Å². The Morgan fingerprint density at radius 2 is 2.33 bits per heavy atom. The van der Waals surface area contributed by atoms with E-state index in [0.717, 1.165) is 5.82 Å². The molecule has 6 heteroatoms. The fourth-order valence-electron chi connectivity index (χ4n) is 1.04. The van der Waals surface area contributed by atoms with Crippen molar-refractivity contribution in [3.63, 3.8) is 0 Å². The van der Waals surface area contributed by atoms with Gasteiger partial charge in [-0.15, -0.1) is 10.2 Å². The van der Waals surface area contributed by atoms with Crippen molar-refractivity contribution in [3.8, 4) is 0 Å². The zero-order valence-corrected chi connectivity index (χ0v) is 10.0. The van der Waals surface area contributed by atoms with E-state index in [1.165, 1.54) is 0 Å². The maximum atomic E-state index is 11.5. The second-order valence-corrected chi connectivity index (χ2v) is 4.32. The van der Waals surface area contributed by atoms with Crippen LogP contribution in [0.5, 0.6) is 0 Å². The highest BCUT2D eigenvalue weighted by Gasteiger charge is 2.17. The molecule has 0 aliphatic heterocycles. The first-order valence-electron chi connectivity index (χ1n) is 4.81. The summed E-state index contributed by atoms with van der Waals surface area (Å²) in [5, 5.41) is 10.1. The molecule has 1 atom stereocenters. The van der Waals surface area contributed by atoms with Crippen molar-refractivity contribution in [2.75, 3.05) is 0 Å². The van der Waals surface area contributed by atoms with Crippen molar-refractivity contribution in [3.05, 3.63) is 12.2 Å². The molecule has 0 spiro atoms. The van der Waals surface area contributed by atoms with Gasteiger partial charge in [-0.25, -0.2) is 0 Å². The largest absolute Gasteiger partial charge is 0.348 e. The highest BCUT2D eigenvalue weighted by Crippen LogP contribution is 2.08. The van der Waals surface area contributed by atoms with Gasteiger partial charge in [-0.1, -0.05) is 13.8 Å². The van der Waals surface area contributed by atoms with Gasteiger partial charge in [0.25, 0.3) is 0 Å². The third-order valence-electron chi connectivity index (χ3n) is 2.13. The van der Waals surface area contributed by atoms with E-state index in [4.69, 9.17) is 0 Å². The Morgan fingerprint density at radius 3 is 2.80 bits per heavy atom. The minimum absolute atomic E-state index is 0.0728. The maximum Gasteiger partial charge on any atom is 0.233 e. The topological polar surface area (TPSA) is 59.8 Å². The molecule has 0 saturated carbocycles. The molecule has 0 radical (unpaired) electrons. The average Bonchev–Trinajstić information content (AvgIpc) is 2.59. The van der Waals surface area contributed by atoms with E-state index in [1.807, 2.05) is 20.9 Å². The van der Waals surface area contributed by atoms with E-state index in [2.05, 4.69) is 28.1 Å². The molecule has 1 N–H and O–H groups in total. The number of aromatic nitrogens is 3. The van der Waals surface area contributed by atoms with Crippen molar-refractivity contribution in [1.29, 1.82) is 0 Å². The summed E-state index contributed by atoms with van der Waals surface area (Å²) in [4.78, 5) is 11.5. The molecule has 15 heavy (non-hydrogen) atoms. The molecule has 1 heterocycles. The van der Waals surface area contributed by atoms with E-state index in [-0.39, 0.29) is 17.1 Å². The highest BCUT2D eigenvalue weighted by molar-refractivity contribution is 7.81. The number of amides is 1. The molecular weight excluding hydrogens is 212 g/mol. The van der Waals surface area contributed by atoms with Crippen LogP contribution in [0.1, 0.15) is 19.7 Å². The predicted octanol–water partition coefficient (Wildman–Crippen LogP) is 0.386. The molecule has 0 bridgehead atoms. The number of carbonyl (C=O) groups is 1. The Labute approximate surface area is 94.7 Å². The molecular formula is C9H16N4OS. The summed E-state index contributed by atoms with van der Waals surface area (Å²) in [7, 11) is 1.84. The molecule has 0 aromatic carbocycles. The Morgan fingerprint density at radius 1 is 1.67 bits per heavy atom. The Hall–Kier alpha value is -1.04. The van der Waals surface area contributed by atoms with E-state index in [1.54, 1.807) is 10.9 Å². The smallest absolute Gasteiger partial charge is 0.233 e. The quantitative estimate of drug-likeness (QED) is 0.733. The van der Waals surface area contributed by atoms with Gasteiger partial charge < -0.3 is 9.88 Å². The molecule has 5 nitrogen and oxygen atoms in total. The number of nitrogens with one attached hydrogen (secondary N) is 1. The number of hydrogen-bond donors (Lipinski definition) is 2. The molecule has 1 amide bonds. The van der Waals surface area contributed by atoms with E-state index >= 15 is 0 Å². The number of hydrogen-bond acceptors (Lipinski definition) is 4. The van der Waals surface area contributed by atoms with Crippen molar-refractivity contribution in [2.24, 2.45) is 13.0 Å². The van der Waals surface area contributed by atoms with Crippen LogP contribution >= 0.6 is 12.6 Å². The third-order valence-corrected chi connectivity index (χ3v) is 2.96. The lowest BCUT2D eigenvalue weighted by Crippen LogP contribution is -2.34. The van der Waals surface area contributed by atoms with Crippen molar-refractivity contribution in [2.45, 2.75) is 25.6 Å². The normalized spacial score (nSPS) is 12.9. The summed E-state index contributed by atoms with van der Waals surface area (Å²) in [6.07, 6.45) is 1.60. The minimum Gasteiger partial charge on any atom is -0.348 e. The number of thiol groups is 1. The van der Waals surface area contributed by atoms with Crippen molar-refractivity contribution < 1.29 is 4.79 Å². The fourth-order valence-corrected chi connectivity index (χ4v) is 1.13. The Kier molecular flexibility index (Phi) is 4.14. The highest BCUT2D eigenvalue weighted by atomic mass is 32.1. The summed E-state index contributed by atoms with van der Waals surface area (Å²) in [6.45, 7) is 4.30. The van der Waals surface area contributed by atoms with E-state index < -0.39 is 0 Å². The molecule has 1 rings (SSSR count). The van der Waals surface area contributed by atoms with Crippen LogP contribution in [0, 0.1) is 5.92 Å². The van der Waals surface area contributed by atoms with E-state index in [0.29, 0.717) is 6.54 Å². The summed E-state index contributed by atoms with van der Waals surface area (Å²) in [6, 6.07) is 0. The maximum absolute atomic E-state index is 11.5. The molecule has 84 valence electrons. The van der Waals surface area contributed by atoms with Crippen LogP contribution in [0.2, 0.25) is 0 Å². The second-order valence-electron chi connectivity index (χ2n) is 3.76. The summed E-state index contributed by atoms with van der Waals surface area (Å²) < 4.78 is 1.77. The zero-order chi connectivity index (χ0) is 11.4. The number of carbonyl (C=O) groups excluding carboxylic acids is 1. The summed E-state index contributed by atoms with van der Waals surface area (Å²) in [5.74, 6) is 0.872. The first kappa shape index (κ1) is 12.0. The first-order valence-corrected chi connectivity index (χ1v) is 5.32. The molecule has 1 aromatic heterocycles. The van der Waals surface area contributed by atoms with Crippen LogP contribution in [-0.2, 0) is 18.4 Å². The van der Waals surface area contributed by atoms with Crippen LogP contribution in [0.15, 0.2) is 6.33 Å². The second kappa shape index (κ2) is 5.16. The molecule has 0 aliphatic carbocycles. The third kappa shape index (κ3) is 3.23. The van der Waals surface area contributed by atoms with Gasteiger partial charge in [0.15, 0.2) is 5.82 Å². The van der Waals surface area contributed by atoms with Gasteiger partial charge in [0.05, 0.1) is 11.8 Å². The van der Waals surface area contributed by atoms with Gasteiger partial charge in [-0.3, -0.25) is 4.79 Å².